The quantitative estimate of drug-likeness (QED) is 0.800. The Hall–Kier alpha value is -1.70. The number of amides is 1. The predicted octanol–water partition coefficient (Wildman–Crippen LogP) is 3.59. The highest BCUT2D eigenvalue weighted by Crippen LogP contribution is 2.29. The molecular formula is C18H23Cl2F2N3O2. The molecule has 0 aliphatic carbocycles. The summed E-state index contributed by atoms with van der Waals surface area (Å²) in [4.78, 5) is 18.2. The second-order valence-corrected chi connectivity index (χ2v) is 6.82. The van der Waals surface area contributed by atoms with Crippen molar-refractivity contribution in [3.63, 3.8) is 0 Å². The van der Waals surface area contributed by atoms with E-state index in [-0.39, 0.29) is 53.9 Å². The van der Waals surface area contributed by atoms with Gasteiger partial charge in [-0.15, -0.1) is 24.8 Å². The van der Waals surface area contributed by atoms with Gasteiger partial charge in [-0.05, 0) is 30.5 Å². The minimum absolute atomic E-state index is 0. The number of carbonyl (C=O) groups is 1. The first-order valence-electron chi connectivity index (χ1n) is 8.28. The third-order valence-corrected chi connectivity index (χ3v) is 4.71. The smallest absolute Gasteiger partial charge is 0.223 e. The van der Waals surface area contributed by atoms with Gasteiger partial charge in [-0.3, -0.25) is 4.79 Å². The van der Waals surface area contributed by atoms with Crippen molar-refractivity contribution < 1.29 is 18.0 Å². The van der Waals surface area contributed by atoms with Crippen molar-refractivity contribution in [1.82, 2.24) is 9.88 Å². The summed E-state index contributed by atoms with van der Waals surface area (Å²) in [6, 6.07) is 3.26. The van der Waals surface area contributed by atoms with Gasteiger partial charge in [0, 0.05) is 32.0 Å². The molecular weight excluding hydrogens is 399 g/mol. The first-order valence-corrected chi connectivity index (χ1v) is 8.28. The predicted molar refractivity (Wildman–Crippen MR) is 103 cm³/mol. The molecule has 0 spiro atoms. The number of aryl methyl sites for hydroxylation is 1. The highest BCUT2D eigenvalue weighted by atomic mass is 35.5. The molecule has 9 heteroatoms. The van der Waals surface area contributed by atoms with Crippen LogP contribution in [0.5, 0.6) is 0 Å². The number of hydrogen-bond acceptors (Lipinski definition) is 4. The lowest BCUT2D eigenvalue weighted by atomic mass is 9.90. The molecule has 1 atom stereocenters. The second kappa shape index (κ2) is 9.48. The first-order chi connectivity index (χ1) is 11.9. The standard InChI is InChI=1S/C18H21F2N3O2.2ClH/c1-18(10-21)6-7-23(11-18)17(24)5-4-16-22-9-15(25-16)13-3-2-12(19)8-14(13)20;;/h2-3,8-9H,4-7,10-11,21H2,1H3;2*1H. The van der Waals surface area contributed by atoms with E-state index in [0.29, 0.717) is 31.9 Å². The average Bonchev–Trinajstić information content (AvgIpc) is 3.20. The Morgan fingerprint density at radius 1 is 1.37 bits per heavy atom. The first kappa shape index (κ1) is 23.3. The molecule has 0 radical (unpaired) electrons. The van der Waals surface area contributed by atoms with Crippen LogP contribution in [0.1, 0.15) is 25.7 Å². The topological polar surface area (TPSA) is 72.4 Å². The van der Waals surface area contributed by atoms with E-state index in [0.717, 1.165) is 18.6 Å². The number of oxazole rings is 1. The highest BCUT2D eigenvalue weighted by Gasteiger charge is 2.34. The molecule has 1 aromatic heterocycles. The van der Waals surface area contributed by atoms with Crippen LogP contribution in [0.15, 0.2) is 28.8 Å². The maximum atomic E-state index is 13.8. The Balaban J connectivity index is 0.00000182. The van der Waals surface area contributed by atoms with Gasteiger partial charge >= 0.3 is 0 Å². The summed E-state index contributed by atoms with van der Waals surface area (Å²) < 4.78 is 32.2. The summed E-state index contributed by atoms with van der Waals surface area (Å²) in [5.41, 5.74) is 5.89. The van der Waals surface area contributed by atoms with E-state index >= 15 is 0 Å². The van der Waals surface area contributed by atoms with Crippen LogP contribution in [0.4, 0.5) is 8.78 Å². The number of benzene rings is 1. The summed E-state index contributed by atoms with van der Waals surface area (Å²) in [6.45, 7) is 4.02. The van der Waals surface area contributed by atoms with Crippen LogP contribution in [-0.2, 0) is 11.2 Å². The Morgan fingerprint density at radius 3 is 2.74 bits per heavy atom. The normalized spacial score (nSPS) is 18.7. The summed E-state index contributed by atoms with van der Waals surface area (Å²) in [5, 5.41) is 0. The van der Waals surface area contributed by atoms with Crippen LogP contribution >= 0.6 is 24.8 Å². The van der Waals surface area contributed by atoms with E-state index in [1.54, 1.807) is 0 Å². The van der Waals surface area contributed by atoms with Crippen molar-refractivity contribution in [3.8, 4) is 11.3 Å². The number of carbonyl (C=O) groups excluding carboxylic acids is 1. The Labute approximate surface area is 169 Å². The molecule has 1 saturated heterocycles. The molecule has 0 saturated carbocycles. The van der Waals surface area contributed by atoms with E-state index < -0.39 is 11.6 Å². The molecule has 1 amide bonds. The maximum absolute atomic E-state index is 13.8. The molecule has 0 bridgehead atoms. The van der Waals surface area contributed by atoms with Gasteiger partial charge in [-0.25, -0.2) is 13.8 Å². The Morgan fingerprint density at radius 2 is 2.11 bits per heavy atom. The zero-order valence-corrected chi connectivity index (χ0v) is 16.5. The van der Waals surface area contributed by atoms with Crippen molar-refractivity contribution in [2.24, 2.45) is 11.1 Å². The number of rotatable bonds is 5. The number of nitrogens with zero attached hydrogens (tertiary/aromatic N) is 2. The fraction of sp³-hybridized carbons (Fsp3) is 0.444. The number of likely N-dealkylation sites (tertiary alicyclic amines) is 1. The molecule has 2 heterocycles. The number of halogens is 4. The van der Waals surface area contributed by atoms with Gasteiger partial charge in [-0.1, -0.05) is 6.92 Å². The summed E-state index contributed by atoms with van der Waals surface area (Å²) in [6.07, 6.45) is 2.89. The molecule has 1 aliphatic rings. The SMILES string of the molecule is CC1(CN)CCN(C(=O)CCc2ncc(-c3ccc(F)cc3F)o2)C1.Cl.Cl. The number of hydrogen-bond donors (Lipinski definition) is 1. The van der Waals surface area contributed by atoms with E-state index in [1.807, 2.05) is 4.90 Å². The van der Waals surface area contributed by atoms with Crippen LogP contribution in [0.25, 0.3) is 11.3 Å². The van der Waals surface area contributed by atoms with E-state index in [1.165, 1.54) is 12.3 Å². The van der Waals surface area contributed by atoms with Gasteiger partial charge in [-0.2, -0.15) is 0 Å². The van der Waals surface area contributed by atoms with Gasteiger partial charge < -0.3 is 15.1 Å². The van der Waals surface area contributed by atoms with Crippen molar-refractivity contribution in [1.29, 1.82) is 0 Å². The lowest BCUT2D eigenvalue weighted by molar-refractivity contribution is -0.130. The van der Waals surface area contributed by atoms with Crippen molar-refractivity contribution in [2.75, 3.05) is 19.6 Å². The van der Waals surface area contributed by atoms with E-state index in [4.69, 9.17) is 10.2 Å². The Kier molecular flexibility index (Phi) is 8.20. The molecule has 1 fully saturated rings. The third kappa shape index (κ3) is 5.40. The minimum atomic E-state index is -0.711. The van der Waals surface area contributed by atoms with Crippen LogP contribution in [0.2, 0.25) is 0 Å². The molecule has 1 aliphatic heterocycles. The number of aromatic nitrogens is 1. The zero-order chi connectivity index (χ0) is 18.0. The fourth-order valence-corrected chi connectivity index (χ4v) is 3.01. The maximum Gasteiger partial charge on any atom is 0.223 e. The molecule has 3 rings (SSSR count). The van der Waals surface area contributed by atoms with Gasteiger partial charge in [0.15, 0.2) is 11.7 Å². The van der Waals surface area contributed by atoms with E-state index in [2.05, 4.69) is 11.9 Å². The summed E-state index contributed by atoms with van der Waals surface area (Å²) >= 11 is 0. The van der Waals surface area contributed by atoms with Crippen molar-refractivity contribution in [3.05, 3.63) is 41.9 Å². The lowest BCUT2D eigenvalue weighted by Crippen LogP contribution is -2.34. The van der Waals surface area contributed by atoms with Gasteiger partial charge in [0.05, 0.1) is 11.8 Å². The van der Waals surface area contributed by atoms with Crippen molar-refractivity contribution in [2.45, 2.75) is 26.2 Å². The Bertz CT molecular complexity index is 788. The molecule has 5 nitrogen and oxygen atoms in total. The van der Waals surface area contributed by atoms with Crippen LogP contribution < -0.4 is 5.73 Å². The largest absolute Gasteiger partial charge is 0.441 e. The average molecular weight is 422 g/mol. The van der Waals surface area contributed by atoms with Crippen molar-refractivity contribution >= 4 is 30.7 Å². The second-order valence-electron chi connectivity index (χ2n) is 6.82. The van der Waals surface area contributed by atoms with Gasteiger partial charge in [0.2, 0.25) is 5.91 Å². The highest BCUT2D eigenvalue weighted by molar-refractivity contribution is 5.85. The molecule has 1 unspecified atom stereocenters. The lowest BCUT2D eigenvalue weighted by Gasteiger charge is -2.22. The number of nitrogens with two attached hydrogens (primary N) is 1. The van der Waals surface area contributed by atoms with Crippen LogP contribution in [-0.4, -0.2) is 35.4 Å². The molecule has 27 heavy (non-hydrogen) atoms. The molecule has 1 aromatic carbocycles. The third-order valence-electron chi connectivity index (χ3n) is 4.71. The van der Waals surface area contributed by atoms with Crippen LogP contribution in [0, 0.1) is 17.0 Å². The monoisotopic (exact) mass is 421 g/mol. The summed E-state index contributed by atoms with van der Waals surface area (Å²) in [7, 11) is 0. The summed E-state index contributed by atoms with van der Waals surface area (Å²) in [5.74, 6) is -0.756. The van der Waals surface area contributed by atoms with Gasteiger partial charge in [0.1, 0.15) is 11.6 Å². The van der Waals surface area contributed by atoms with Gasteiger partial charge in [0.25, 0.3) is 0 Å². The molecule has 2 aromatic rings. The zero-order valence-electron chi connectivity index (χ0n) is 14.9. The fourth-order valence-electron chi connectivity index (χ4n) is 3.01. The van der Waals surface area contributed by atoms with E-state index in [9.17, 15) is 13.6 Å². The minimum Gasteiger partial charge on any atom is -0.441 e. The molecule has 2 N–H and O–H groups in total. The van der Waals surface area contributed by atoms with Crippen LogP contribution in [0.3, 0.4) is 0 Å². The molecule has 150 valence electrons.